The minimum atomic E-state index is -1.06. The smallest absolute Gasteiger partial charge is 0.418 e. The molecule has 2 aromatic rings. The van der Waals surface area contributed by atoms with Gasteiger partial charge in [-0.1, -0.05) is 43.5 Å². The van der Waals surface area contributed by atoms with E-state index in [9.17, 15) is 19.2 Å². The minimum absolute atomic E-state index is 0.0893. The number of nitrogens with one attached hydrogen (secondary N) is 1. The number of benzene rings is 1. The number of urea groups is 1. The van der Waals surface area contributed by atoms with E-state index in [1.807, 2.05) is 18.2 Å². The molecule has 1 aromatic heterocycles. The Morgan fingerprint density at radius 1 is 1.15 bits per heavy atom. The third-order valence-electron chi connectivity index (χ3n) is 7.12. The van der Waals surface area contributed by atoms with Crippen molar-refractivity contribution in [3.05, 3.63) is 53.3 Å². The van der Waals surface area contributed by atoms with Crippen LogP contribution in [0.4, 0.5) is 9.59 Å². The number of hydrogen-bond acceptors (Lipinski definition) is 7. The second-order valence-corrected chi connectivity index (χ2v) is 11.3. The van der Waals surface area contributed by atoms with Crippen molar-refractivity contribution in [1.82, 2.24) is 20.1 Å². The molecule has 1 saturated carbocycles. The molecule has 4 rings (SSSR count). The van der Waals surface area contributed by atoms with E-state index >= 15 is 0 Å². The van der Waals surface area contributed by atoms with E-state index in [1.165, 1.54) is 0 Å². The molecule has 1 aliphatic carbocycles. The van der Waals surface area contributed by atoms with Crippen LogP contribution in [0.5, 0.6) is 0 Å². The molecule has 39 heavy (non-hydrogen) atoms. The summed E-state index contributed by atoms with van der Waals surface area (Å²) in [6.45, 7) is 5.74. The lowest BCUT2D eigenvalue weighted by atomic mass is 9.94. The Labute approximate surface area is 228 Å². The summed E-state index contributed by atoms with van der Waals surface area (Å²) in [5.74, 6) is -0.0893. The van der Waals surface area contributed by atoms with Crippen molar-refractivity contribution >= 4 is 24.3 Å². The molecule has 0 radical (unpaired) electrons. The van der Waals surface area contributed by atoms with Gasteiger partial charge in [-0.05, 0) is 50.8 Å². The maximum atomic E-state index is 13.3. The van der Waals surface area contributed by atoms with Gasteiger partial charge in [0.15, 0.2) is 0 Å². The molecular weight excluding hydrogens is 498 g/mol. The summed E-state index contributed by atoms with van der Waals surface area (Å²) in [6, 6.07) is 6.37. The predicted molar refractivity (Wildman–Crippen MR) is 146 cm³/mol. The van der Waals surface area contributed by atoms with Gasteiger partial charge in [0, 0.05) is 37.0 Å². The first-order valence-electron chi connectivity index (χ1n) is 13.4. The highest BCUT2D eigenvalue weighted by Crippen LogP contribution is 2.28. The number of nitrogens with two attached hydrogens (primary N) is 1. The summed E-state index contributed by atoms with van der Waals surface area (Å²) < 4.78 is 5.51. The number of hydrogen-bond donors (Lipinski definition) is 2. The average Bonchev–Trinajstić information content (AvgIpc) is 3.19. The quantitative estimate of drug-likeness (QED) is 0.530. The van der Waals surface area contributed by atoms with Crippen LogP contribution < -0.4 is 11.1 Å². The Hall–Kier alpha value is -3.79. The fourth-order valence-corrected chi connectivity index (χ4v) is 5.06. The largest absolute Gasteiger partial charge is 0.443 e. The van der Waals surface area contributed by atoms with Crippen LogP contribution in [-0.4, -0.2) is 63.8 Å². The number of ether oxygens (including phenoxy) is 1. The second-order valence-electron chi connectivity index (χ2n) is 11.3. The molecule has 2 unspecified atom stereocenters. The molecule has 0 spiro atoms. The lowest BCUT2D eigenvalue weighted by molar-refractivity contribution is -0.109. The van der Waals surface area contributed by atoms with Crippen molar-refractivity contribution in [1.29, 1.82) is 0 Å². The summed E-state index contributed by atoms with van der Waals surface area (Å²) in [7, 11) is 1.74. The molecule has 4 amide bonds. The molecule has 0 bridgehead atoms. The van der Waals surface area contributed by atoms with Gasteiger partial charge in [0.1, 0.15) is 23.6 Å². The van der Waals surface area contributed by atoms with Gasteiger partial charge in [0.05, 0.1) is 6.04 Å². The van der Waals surface area contributed by atoms with Gasteiger partial charge in [-0.3, -0.25) is 9.78 Å². The standard InChI is InChI=1S/C29H37N5O5/c1-29(2,3)39-28(38)34(22-8-6-5-7-9-22)27(37)32-23(17-35)24(30)19-12-10-18(11-13-19)20-14-21-16-33(4)26(36)25(21)31-15-20/h10-15,17,22-24H,5-9,16,30H2,1-4H3,(H,32,37). The summed E-state index contributed by atoms with van der Waals surface area (Å²) in [6.07, 6.45) is 5.76. The zero-order chi connectivity index (χ0) is 28.3. The first-order valence-corrected chi connectivity index (χ1v) is 13.4. The normalized spacial score (nSPS) is 17.3. The molecule has 208 valence electrons. The predicted octanol–water partition coefficient (Wildman–Crippen LogP) is 4.18. The van der Waals surface area contributed by atoms with E-state index in [-0.39, 0.29) is 11.9 Å². The number of imide groups is 1. The molecule has 1 aliphatic heterocycles. The Morgan fingerprint density at radius 3 is 2.44 bits per heavy atom. The molecule has 10 heteroatoms. The first kappa shape index (κ1) is 28.2. The van der Waals surface area contributed by atoms with E-state index in [0.717, 1.165) is 40.9 Å². The van der Waals surface area contributed by atoms with Crippen LogP contribution in [0.15, 0.2) is 36.5 Å². The number of rotatable bonds is 6. The number of nitrogens with zero attached hydrogens (tertiary/aromatic N) is 3. The molecule has 2 aliphatic rings. The van der Waals surface area contributed by atoms with Crippen molar-refractivity contribution in [3.63, 3.8) is 0 Å². The van der Waals surface area contributed by atoms with Crippen molar-refractivity contribution < 1.29 is 23.9 Å². The molecule has 3 N–H and O–H groups in total. The molecular formula is C29H37N5O5. The van der Waals surface area contributed by atoms with E-state index in [1.54, 1.807) is 51.0 Å². The van der Waals surface area contributed by atoms with Crippen molar-refractivity contribution in [2.45, 2.75) is 83.1 Å². The van der Waals surface area contributed by atoms with Gasteiger partial charge >= 0.3 is 12.1 Å². The van der Waals surface area contributed by atoms with Crippen LogP contribution in [0.3, 0.4) is 0 Å². The number of aromatic nitrogens is 1. The monoisotopic (exact) mass is 535 g/mol. The summed E-state index contributed by atoms with van der Waals surface area (Å²) in [5.41, 5.74) is 9.36. The summed E-state index contributed by atoms with van der Waals surface area (Å²) in [4.78, 5) is 57.5. The SMILES string of the molecule is CN1Cc2cc(-c3ccc(C(N)C(C=O)NC(=O)N(C(=O)OC(C)(C)C)C4CCCCC4)cc3)cnc2C1=O. The Morgan fingerprint density at radius 2 is 1.82 bits per heavy atom. The number of carbonyl (C=O) groups excluding carboxylic acids is 4. The molecule has 2 atom stereocenters. The van der Waals surface area contributed by atoms with Gasteiger partial charge in [-0.25, -0.2) is 14.5 Å². The van der Waals surface area contributed by atoms with Gasteiger partial charge in [-0.2, -0.15) is 0 Å². The zero-order valence-electron chi connectivity index (χ0n) is 23.0. The van der Waals surface area contributed by atoms with Crippen LogP contribution in [0.2, 0.25) is 0 Å². The average molecular weight is 536 g/mol. The second kappa shape index (κ2) is 11.5. The van der Waals surface area contributed by atoms with Crippen LogP contribution in [0, 0.1) is 0 Å². The van der Waals surface area contributed by atoms with Crippen LogP contribution in [0.1, 0.15) is 80.5 Å². The topological polar surface area (TPSA) is 135 Å². The minimum Gasteiger partial charge on any atom is -0.443 e. The van der Waals surface area contributed by atoms with Gasteiger partial charge in [0.2, 0.25) is 0 Å². The van der Waals surface area contributed by atoms with Gasteiger partial charge in [-0.15, -0.1) is 0 Å². The van der Waals surface area contributed by atoms with Crippen molar-refractivity contribution in [2.24, 2.45) is 5.73 Å². The van der Waals surface area contributed by atoms with E-state index in [0.29, 0.717) is 36.9 Å². The number of amides is 4. The number of aldehydes is 1. The maximum Gasteiger partial charge on any atom is 0.418 e. The van der Waals surface area contributed by atoms with Crippen molar-refractivity contribution in [3.8, 4) is 11.1 Å². The molecule has 1 aromatic carbocycles. The third-order valence-corrected chi connectivity index (χ3v) is 7.12. The van der Waals surface area contributed by atoms with E-state index in [4.69, 9.17) is 10.5 Å². The highest BCUT2D eigenvalue weighted by Gasteiger charge is 2.36. The van der Waals surface area contributed by atoms with Gasteiger partial charge < -0.3 is 25.5 Å². The maximum absolute atomic E-state index is 13.3. The lowest BCUT2D eigenvalue weighted by Gasteiger charge is -2.35. The summed E-state index contributed by atoms with van der Waals surface area (Å²) in [5, 5.41) is 2.66. The summed E-state index contributed by atoms with van der Waals surface area (Å²) >= 11 is 0. The first-order chi connectivity index (χ1) is 18.5. The van der Waals surface area contributed by atoms with Crippen LogP contribution in [-0.2, 0) is 16.1 Å². The number of pyridine rings is 1. The van der Waals surface area contributed by atoms with Crippen LogP contribution >= 0.6 is 0 Å². The lowest BCUT2D eigenvalue weighted by Crippen LogP contribution is -2.55. The Kier molecular flexibility index (Phi) is 8.34. The van der Waals surface area contributed by atoms with Crippen molar-refractivity contribution in [2.75, 3.05) is 7.05 Å². The molecule has 2 heterocycles. The van der Waals surface area contributed by atoms with Crippen LogP contribution in [0.25, 0.3) is 11.1 Å². The molecule has 10 nitrogen and oxygen atoms in total. The Bertz CT molecular complexity index is 1230. The van der Waals surface area contributed by atoms with E-state index < -0.39 is 29.8 Å². The zero-order valence-corrected chi connectivity index (χ0v) is 23.0. The molecule has 1 fully saturated rings. The Balaban J connectivity index is 1.48. The highest BCUT2D eigenvalue weighted by molar-refractivity contribution is 5.96. The third kappa shape index (κ3) is 6.44. The number of carbonyl (C=O) groups is 4. The highest BCUT2D eigenvalue weighted by atomic mass is 16.6. The molecule has 0 saturated heterocycles. The fraction of sp³-hybridized carbons (Fsp3) is 0.483. The van der Waals surface area contributed by atoms with Gasteiger partial charge in [0.25, 0.3) is 5.91 Å². The fourth-order valence-electron chi connectivity index (χ4n) is 5.06. The number of fused-ring (bicyclic) bond motifs is 1. The van der Waals surface area contributed by atoms with E-state index in [2.05, 4.69) is 10.3 Å².